The van der Waals surface area contributed by atoms with E-state index in [1.807, 2.05) is 41.1 Å². The van der Waals surface area contributed by atoms with E-state index in [-0.39, 0.29) is 18.6 Å². The lowest BCUT2D eigenvalue weighted by Gasteiger charge is -2.22. The molecule has 1 N–H and O–H groups in total. The number of likely N-dealkylation sites (tertiary alicyclic amines) is 1. The van der Waals surface area contributed by atoms with Gasteiger partial charge in [-0.15, -0.1) is 0 Å². The van der Waals surface area contributed by atoms with E-state index in [1.165, 1.54) is 0 Å². The molecule has 1 aromatic carbocycles. The molecule has 6 nitrogen and oxygen atoms in total. The van der Waals surface area contributed by atoms with Gasteiger partial charge in [-0.25, -0.2) is 9.67 Å². The van der Waals surface area contributed by atoms with Gasteiger partial charge in [-0.3, -0.25) is 4.79 Å². The Hall–Kier alpha value is -2.73. The zero-order chi connectivity index (χ0) is 17.2. The molecular formula is C19H20N4O2. The Morgan fingerprint density at radius 3 is 2.88 bits per heavy atom. The van der Waals surface area contributed by atoms with Crippen molar-refractivity contribution in [3.05, 3.63) is 59.9 Å². The van der Waals surface area contributed by atoms with Gasteiger partial charge in [-0.05, 0) is 24.5 Å². The van der Waals surface area contributed by atoms with Crippen LogP contribution in [0.3, 0.4) is 0 Å². The van der Waals surface area contributed by atoms with Crippen LogP contribution in [-0.2, 0) is 6.54 Å². The number of aliphatic hydroxyl groups excluding tert-OH is 1. The fourth-order valence-electron chi connectivity index (χ4n) is 3.42. The first-order valence-corrected chi connectivity index (χ1v) is 8.53. The maximum atomic E-state index is 12.7. The topological polar surface area (TPSA) is 71.2 Å². The molecule has 0 radical (unpaired) electrons. The number of nitrogens with zero attached hydrogens (tertiary/aromatic N) is 4. The van der Waals surface area contributed by atoms with E-state index in [2.05, 4.69) is 10.1 Å². The number of pyridine rings is 1. The number of carbonyl (C=O) groups is 1. The fourth-order valence-corrected chi connectivity index (χ4v) is 3.42. The molecule has 1 aliphatic rings. The number of fused-ring (bicyclic) bond motifs is 1. The highest BCUT2D eigenvalue weighted by Gasteiger charge is 2.29. The van der Waals surface area contributed by atoms with Crippen LogP contribution in [0.4, 0.5) is 0 Å². The number of benzene rings is 1. The first kappa shape index (κ1) is 15.8. The molecule has 1 atom stereocenters. The summed E-state index contributed by atoms with van der Waals surface area (Å²) in [6, 6.07) is 11.8. The lowest BCUT2D eigenvalue weighted by molar-refractivity contribution is 0.0677. The third-order valence-electron chi connectivity index (χ3n) is 4.75. The first-order valence-electron chi connectivity index (χ1n) is 8.53. The molecule has 1 saturated heterocycles. The zero-order valence-corrected chi connectivity index (χ0v) is 13.9. The van der Waals surface area contributed by atoms with Gasteiger partial charge in [0.1, 0.15) is 0 Å². The van der Waals surface area contributed by atoms with Crippen LogP contribution < -0.4 is 0 Å². The van der Waals surface area contributed by atoms with Gasteiger partial charge in [0, 0.05) is 18.1 Å². The molecule has 0 saturated carbocycles. The van der Waals surface area contributed by atoms with Crippen molar-refractivity contribution in [3.8, 4) is 0 Å². The molecule has 1 aliphatic heterocycles. The van der Waals surface area contributed by atoms with Gasteiger partial charge in [-0.1, -0.05) is 30.3 Å². The van der Waals surface area contributed by atoms with E-state index in [9.17, 15) is 9.90 Å². The van der Waals surface area contributed by atoms with Gasteiger partial charge in [0.15, 0.2) is 5.65 Å². The molecule has 0 spiro atoms. The quantitative estimate of drug-likeness (QED) is 0.792. The molecule has 6 heteroatoms. The van der Waals surface area contributed by atoms with Gasteiger partial charge < -0.3 is 10.0 Å². The number of carbonyl (C=O) groups excluding carboxylic acids is 1. The SMILES string of the molecule is O=C(c1cnc2c(cnn2Cc2ccccc2)c1)N1CCC[C@@H]1CO. The molecule has 3 heterocycles. The van der Waals surface area contributed by atoms with E-state index >= 15 is 0 Å². The van der Waals surface area contributed by atoms with E-state index < -0.39 is 0 Å². The van der Waals surface area contributed by atoms with Gasteiger partial charge >= 0.3 is 0 Å². The van der Waals surface area contributed by atoms with Crippen molar-refractivity contribution >= 4 is 16.9 Å². The minimum absolute atomic E-state index is 0.0103. The summed E-state index contributed by atoms with van der Waals surface area (Å²) < 4.78 is 1.84. The van der Waals surface area contributed by atoms with Crippen LogP contribution in [0.25, 0.3) is 11.0 Å². The van der Waals surface area contributed by atoms with E-state index in [1.54, 1.807) is 17.3 Å². The average molecular weight is 336 g/mol. The third-order valence-corrected chi connectivity index (χ3v) is 4.75. The van der Waals surface area contributed by atoms with Crippen molar-refractivity contribution in [1.82, 2.24) is 19.7 Å². The highest BCUT2D eigenvalue weighted by atomic mass is 16.3. The number of hydrogen-bond acceptors (Lipinski definition) is 4. The molecular weight excluding hydrogens is 316 g/mol. The van der Waals surface area contributed by atoms with Gasteiger partial charge in [-0.2, -0.15) is 5.10 Å². The summed E-state index contributed by atoms with van der Waals surface area (Å²) in [5.74, 6) is -0.0678. The molecule has 3 aromatic rings. The molecule has 0 bridgehead atoms. The van der Waals surface area contributed by atoms with E-state index in [0.717, 1.165) is 29.4 Å². The number of aliphatic hydroxyl groups is 1. The molecule has 4 rings (SSSR count). The summed E-state index contributed by atoms with van der Waals surface area (Å²) in [5.41, 5.74) is 2.46. The second-order valence-corrected chi connectivity index (χ2v) is 6.40. The molecule has 128 valence electrons. The maximum absolute atomic E-state index is 12.7. The average Bonchev–Trinajstić information content (AvgIpc) is 3.28. The van der Waals surface area contributed by atoms with Crippen LogP contribution in [0.5, 0.6) is 0 Å². The molecule has 2 aromatic heterocycles. The standard InChI is InChI=1S/C19H20N4O2/c24-13-17-7-4-8-22(17)19(25)16-9-15-11-21-23(18(15)20-10-16)12-14-5-2-1-3-6-14/h1-3,5-6,9-11,17,24H,4,7-8,12-13H2/t17-/m1/s1. The van der Waals surface area contributed by atoms with Crippen LogP contribution in [0.15, 0.2) is 48.8 Å². The molecule has 1 amide bonds. The summed E-state index contributed by atoms with van der Waals surface area (Å²) in [7, 11) is 0. The highest BCUT2D eigenvalue weighted by molar-refractivity contribution is 5.97. The number of hydrogen-bond donors (Lipinski definition) is 1. The van der Waals surface area contributed by atoms with E-state index in [4.69, 9.17) is 0 Å². The Kier molecular flexibility index (Phi) is 4.19. The molecule has 0 unspecified atom stereocenters. The Morgan fingerprint density at radius 1 is 1.24 bits per heavy atom. The fraction of sp³-hybridized carbons (Fsp3) is 0.316. The van der Waals surface area contributed by atoms with Crippen molar-refractivity contribution in [3.63, 3.8) is 0 Å². The van der Waals surface area contributed by atoms with Crippen molar-refractivity contribution in [2.24, 2.45) is 0 Å². The Balaban J connectivity index is 1.60. The number of aromatic nitrogens is 3. The van der Waals surface area contributed by atoms with Gasteiger partial charge in [0.25, 0.3) is 5.91 Å². The van der Waals surface area contributed by atoms with Crippen molar-refractivity contribution in [2.45, 2.75) is 25.4 Å². The molecule has 0 aliphatic carbocycles. The van der Waals surface area contributed by atoms with E-state index in [0.29, 0.717) is 18.7 Å². The number of rotatable bonds is 4. The highest BCUT2D eigenvalue weighted by Crippen LogP contribution is 2.21. The Morgan fingerprint density at radius 2 is 2.08 bits per heavy atom. The minimum Gasteiger partial charge on any atom is -0.394 e. The predicted molar refractivity (Wildman–Crippen MR) is 94.2 cm³/mol. The van der Waals surface area contributed by atoms with Crippen molar-refractivity contribution in [2.75, 3.05) is 13.2 Å². The second kappa shape index (κ2) is 6.64. The summed E-state index contributed by atoms with van der Waals surface area (Å²) in [4.78, 5) is 18.9. The monoisotopic (exact) mass is 336 g/mol. The lowest BCUT2D eigenvalue weighted by Crippen LogP contribution is -2.37. The largest absolute Gasteiger partial charge is 0.394 e. The Bertz CT molecular complexity index is 891. The van der Waals surface area contributed by atoms with Crippen LogP contribution >= 0.6 is 0 Å². The summed E-state index contributed by atoms with van der Waals surface area (Å²) >= 11 is 0. The smallest absolute Gasteiger partial charge is 0.255 e. The first-order chi connectivity index (χ1) is 12.3. The van der Waals surface area contributed by atoms with Crippen LogP contribution in [0.1, 0.15) is 28.8 Å². The summed E-state index contributed by atoms with van der Waals surface area (Å²) in [6.07, 6.45) is 5.14. The maximum Gasteiger partial charge on any atom is 0.255 e. The number of amides is 1. The second-order valence-electron chi connectivity index (χ2n) is 6.40. The molecule has 1 fully saturated rings. The molecule has 25 heavy (non-hydrogen) atoms. The van der Waals surface area contributed by atoms with Crippen LogP contribution in [0.2, 0.25) is 0 Å². The minimum atomic E-state index is -0.0796. The van der Waals surface area contributed by atoms with Gasteiger partial charge in [0.2, 0.25) is 0 Å². The lowest BCUT2D eigenvalue weighted by atomic mass is 10.2. The predicted octanol–water partition coefficient (Wildman–Crippen LogP) is 2.08. The van der Waals surface area contributed by atoms with Gasteiger partial charge in [0.05, 0.1) is 31.0 Å². The normalized spacial score (nSPS) is 17.3. The van der Waals surface area contributed by atoms with Crippen LogP contribution in [-0.4, -0.2) is 49.9 Å². The Labute approximate surface area is 145 Å². The van der Waals surface area contributed by atoms with Crippen LogP contribution in [0, 0.1) is 0 Å². The summed E-state index contributed by atoms with van der Waals surface area (Å²) in [5, 5.41) is 14.7. The third kappa shape index (κ3) is 3.00. The van der Waals surface area contributed by atoms with Crippen molar-refractivity contribution in [1.29, 1.82) is 0 Å². The zero-order valence-electron chi connectivity index (χ0n) is 13.9. The van der Waals surface area contributed by atoms with Crippen molar-refractivity contribution < 1.29 is 9.90 Å². The summed E-state index contributed by atoms with van der Waals surface area (Å²) in [6.45, 7) is 1.34.